The Hall–Kier alpha value is -2.72. The van der Waals surface area contributed by atoms with E-state index in [-0.39, 0.29) is 16.3 Å². The first kappa shape index (κ1) is 18.6. The number of amides is 1. The van der Waals surface area contributed by atoms with Crippen LogP contribution >= 0.6 is 11.6 Å². The van der Waals surface area contributed by atoms with Gasteiger partial charge >= 0.3 is 6.09 Å². The lowest BCUT2D eigenvalue weighted by atomic mass is 10.1. The summed E-state index contributed by atoms with van der Waals surface area (Å²) >= 11 is 5.78. The van der Waals surface area contributed by atoms with Crippen LogP contribution in [0.5, 0.6) is 5.75 Å². The van der Waals surface area contributed by atoms with Gasteiger partial charge < -0.3 is 19.2 Å². The predicted molar refractivity (Wildman–Crippen MR) is 88.1 cm³/mol. The highest BCUT2D eigenvalue weighted by Crippen LogP contribution is 2.32. The van der Waals surface area contributed by atoms with E-state index >= 15 is 0 Å². The zero-order valence-electron chi connectivity index (χ0n) is 13.4. The summed E-state index contributed by atoms with van der Waals surface area (Å²) in [7, 11) is 1.48. The van der Waals surface area contributed by atoms with E-state index in [2.05, 4.69) is 0 Å². The summed E-state index contributed by atoms with van der Waals surface area (Å²) in [6, 6.07) is 5.85. The first-order chi connectivity index (χ1) is 11.9. The summed E-state index contributed by atoms with van der Waals surface area (Å²) in [4.78, 5) is 12.0. The molecule has 1 heterocycles. The van der Waals surface area contributed by atoms with Gasteiger partial charge in [0.2, 0.25) is 0 Å². The summed E-state index contributed by atoms with van der Waals surface area (Å²) in [5.41, 5.74) is 0.750. The van der Waals surface area contributed by atoms with Crippen LogP contribution in [0.1, 0.15) is 30.1 Å². The Morgan fingerprint density at radius 1 is 1.56 bits per heavy atom. The van der Waals surface area contributed by atoms with E-state index in [4.69, 9.17) is 31.1 Å². The van der Waals surface area contributed by atoms with Crippen molar-refractivity contribution < 1.29 is 23.4 Å². The number of carbonyl (C=O) groups is 1. The summed E-state index contributed by atoms with van der Waals surface area (Å²) in [5, 5.41) is 17.9. The molecular weight excluding hydrogens is 351 g/mol. The van der Waals surface area contributed by atoms with Crippen molar-refractivity contribution in [3.63, 3.8) is 0 Å². The Balaban J connectivity index is 2.16. The maximum absolute atomic E-state index is 13.5. The van der Waals surface area contributed by atoms with Gasteiger partial charge in [0.05, 0.1) is 23.1 Å². The van der Waals surface area contributed by atoms with E-state index in [0.717, 1.165) is 11.6 Å². The minimum Gasteiger partial charge on any atom is -0.484 e. The highest BCUT2D eigenvalue weighted by molar-refractivity contribution is 6.30. The maximum Gasteiger partial charge on any atom is 0.407 e. The van der Waals surface area contributed by atoms with Crippen LogP contribution < -0.4 is 4.74 Å². The van der Waals surface area contributed by atoms with Crippen LogP contribution in [0.3, 0.4) is 0 Å². The van der Waals surface area contributed by atoms with Crippen molar-refractivity contribution in [3.8, 4) is 11.8 Å². The fraction of sp³-hybridized carbons (Fsp3) is 0.294. The third-order valence-corrected chi connectivity index (χ3v) is 3.90. The van der Waals surface area contributed by atoms with Gasteiger partial charge in [-0.2, -0.15) is 5.26 Å². The number of hydrogen-bond acceptors (Lipinski definition) is 4. The lowest BCUT2D eigenvalue weighted by Gasteiger charge is -2.20. The van der Waals surface area contributed by atoms with Crippen LogP contribution in [-0.4, -0.2) is 29.7 Å². The van der Waals surface area contributed by atoms with Crippen LogP contribution in [-0.2, 0) is 0 Å². The van der Waals surface area contributed by atoms with Crippen LogP contribution in [0.2, 0.25) is 5.02 Å². The van der Waals surface area contributed by atoms with Gasteiger partial charge in [-0.15, -0.1) is 0 Å². The molecule has 0 aliphatic heterocycles. The minimum atomic E-state index is -1.02. The molecule has 1 N–H and O–H groups in total. The quantitative estimate of drug-likeness (QED) is 0.782. The zero-order valence-corrected chi connectivity index (χ0v) is 14.2. The largest absolute Gasteiger partial charge is 0.484 e. The third kappa shape index (κ3) is 4.88. The third-order valence-electron chi connectivity index (χ3n) is 3.61. The van der Waals surface area contributed by atoms with Crippen molar-refractivity contribution in [2.45, 2.75) is 18.9 Å². The molecule has 0 saturated heterocycles. The fourth-order valence-electron chi connectivity index (χ4n) is 2.23. The van der Waals surface area contributed by atoms with E-state index in [9.17, 15) is 9.18 Å². The number of furan rings is 1. The van der Waals surface area contributed by atoms with Crippen molar-refractivity contribution in [1.82, 2.24) is 4.90 Å². The average Bonchev–Trinajstić information content (AvgIpc) is 3.11. The molecule has 25 heavy (non-hydrogen) atoms. The molecule has 2 aromatic rings. The summed E-state index contributed by atoms with van der Waals surface area (Å²) in [5.74, 6) is -0.541. The number of carboxylic acid groups (broad SMARTS) is 1. The number of hydrogen-bond donors (Lipinski definition) is 1. The van der Waals surface area contributed by atoms with Crippen molar-refractivity contribution in [2.24, 2.45) is 0 Å². The highest BCUT2D eigenvalue weighted by atomic mass is 35.5. The second kappa shape index (κ2) is 8.40. The number of rotatable bonds is 7. The monoisotopic (exact) mass is 366 g/mol. The Labute approximate surface area is 149 Å². The number of ether oxygens (including phenoxy) is 1. The van der Waals surface area contributed by atoms with E-state index in [1.807, 2.05) is 6.07 Å². The van der Waals surface area contributed by atoms with Crippen molar-refractivity contribution in [2.75, 3.05) is 13.6 Å². The fourth-order valence-corrected chi connectivity index (χ4v) is 2.38. The second-order valence-electron chi connectivity index (χ2n) is 5.38. The Morgan fingerprint density at radius 2 is 2.32 bits per heavy atom. The van der Waals surface area contributed by atoms with Gasteiger partial charge in [0.1, 0.15) is 23.7 Å². The molecule has 6 nitrogen and oxygen atoms in total. The van der Waals surface area contributed by atoms with E-state index in [0.29, 0.717) is 19.4 Å². The van der Waals surface area contributed by atoms with E-state index in [1.165, 1.54) is 30.5 Å². The van der Waals surface area contributed by atoms with Crippen LogP contribution in [0.25, 0.3) is 0 Å². The van der Waals surface area contributed by atoms with Gasteiger partial charge in [-0.25, -0.2) is 9.18 Å². The normalized spacial score (nSPS) is 11.6. The molecule has 1 aromatic carbocycles. The Kier molecular flexibility index (Phi) is 6.25. The predicted octanol–water partition coefficient (Wildman–Crippen LogP) is 4.45. The summed E-state index contributed by atoms with van der Waals surface area (Å²) in [6.45, 7) is 0.322. The minimum absolute atomic E-state index is 0.0260. The highest BCUT2D eigenvalue weighted by Gasteiger charge is 2.19. The lowest BCUT2D eigenvalue weighted by molar-refractivity contribution is 0.148. The molecule has 1 atom stereocenters. The SMILES string of the molecule is CN(CCC[C@@H](Oc1cc(Cl)c(F)cc1C#N)c1ccoc1)C(=O)O. The van der Waals surface area contributed by atoms with Gasteiger partial charge in [-0.05, 0) is 25.0 Å². The van der Waals surface area contributed by atoms with Crippen LogP contribution in [0.15, 0.2) is 35.1 Å². The molecule has 0 saturated carbocycles. The second-order valence-corrected chi connectivity index (χ2v) is 5.79. The first-order valence-electron chi connectivity index (χ1n) is 7.44. The molecule has 0 spiro atoms. The molecule has 1 amide bonds. The molecule has 8 heteroatoms. The smallest absolute Gasteiger partial charge is 0.407 e. The number of benzene rings is 1. The molecule has 1 aromatic heterocycles. The van der Waals surface area contributed by atoms with Gasteiger partial charge in [-0.1, -0.05) is 11.6 Å². The van der Waals surface area contributed by atoms with E-state index < -0.39 is 18.0 Å². The number of nitriles is 1. The Morgan fingerprint density at radius 3 is 2.92 bits per heavy atom. The maximum atomic E-state index is 13.5. The van der Waals surface area contributed by atoms with Gasteiger partial charge in [0.25, 0.3) is 0 Å². The summed E-state index contributed by atoms with van der Waals surface area (Å²) < 4.78 is 24.4. The molecule has 0 radical (unpaired) electrons. The zero-order chi connectivity index (χ0) is 18.4. The topological polar surface area (TPSA) is 86.7 Å². The molecule has 2 rings (SSSR count). The molecule has 0 unspecified atom stereocenters. The summed E-state index contributed by atoms with van der Waals surface area (Å²) in [6.07, 6.45) is 2.47. The standard InChI is InChI=1S/C17H16ClFN2O4/c1-21(17(22)23)5-2-3-15(11-4-6-24-10-11)25-16-8-13(18)14(19)7-12(16)9-20/h4,6-8,10,15H,2-3,5H2,1H3,(H,22,23)/t15-/m1/s1. The van der Waals surface area contributed by atoms with Gasteiger partial charge in [-0.3, -0.25) is 0 Å². The molecule has 0 bridgehead atoms. The molecular formula is C17H16ClFN2O4. The van der Waals surface area contributed by atoms with Crippen molar-refractivity contribution in [1.29, 1.82) is 5.26 Å². The first-order valence-corrected chi connectivity index (χ1v) is 7.82. The number of nitrogens with zero attached hydrogens (tertiary/aromatic N) is 2. The average molecular weight is 367 g/mol. The van der Waals surface area contributed by atoms with Crippen molar-refractivity contribution in [3.05, 3.63) is 52.7 Å². The molecule has 0 aliphatic carbocycles. The molecule has 0 aliphatic rings. The number of halogens is 2. The molecule has 132 valence electrons. The van der Waals surface area contributed by atoms with E-state index in [1.54, 1.807) is 6.07 Å². The molecule has 0 fully saturated rings. The lowest BCUT2D eigenvalue weighted by Crippen LogP contribution is -2.26. The van der Waals surface area contributed by atoms with Crippen molar-refractivity contribution >= 4 is 17.7 Å². The van der Waals surface area contributed by atoms with Crippen LogP contribution in [0.4, 0.5) is 9.18 Å². The Bertz CT molecular complexity index is 774. The van der Waals surface area contributed by atoms with Gasteiger partial charge in [0.15, 0.2) is 0 Å². The van der Waals surface area contributed by atoms with Crippen LogP contribution in [0, 0.1) is 17.1 Å². The van der Waals surface area contributed by atoms with Gasteiger partial charge in [0, 0.05) is 25.2 Å².